The van der Waals surface area contributed by atoms with Crippen LogP contribution in [0.4, 0.5) is 0 Å². The Kier molecular flexibility index (Phi) is 40.0. The molecule has 0 saturated carbocycles. The van der Waals surface area contributed by atoms with Crippen LogP contribution >= 0.6 is 0 Å². The van der Waals surface area contributed by atoms with Crippen molar-refractivity contribution in [3.8, 4) is 0 Å². The molecule has 0 aliphatic carbocycles. The third-order valence-electron chi connectivity index (χ3n) is 17.8. The molecule has 0 spiro atoms. The Balaban J connectivity index is 2.47. The number of aromatic nitrogens is 1. The van der Waals surface area contributed by atoms with Gasteiger partial charge in [-0.3, -0.25) is 72.5 Å². The average Bonchev–Trinajstić information content (AvgIpc) is 1.78. The lowest BCUT2D eigenvalue weighted by molar-refractivity contribution is -0.137. The van der Waals surface area contributed by atoms with E-state index < -0.39 is 167 Å². The summed E-state index contributed by atoms with van der Waals surface area (Å²) in [6.45, 7) is 22.3. The number of H-pyrrole nitrogens is 1. The fourth-order valence-electron chi connectivity index (χ4n) is 11.0. The predicted molar refractivity (Wildman–Crippen MR) is 402 cm³/mol. The van der Waals surface area contributed by atoms with Gasteiger partial charge in [-0.25, -0.2) is 0 Å². The number of nitrogens with two attached hydrogens (primary N) is 9. The van der Waals surface area contributed by atoms with Crippen LogP contribution in [0.3, 0.4) is 0 Å². The molecule has 0 bridgehead atoms. The van der Waals surface area contributed by atoms with E-state index in [1.165, 1.54) is 6.92 Å². The predicted octanol–water partition coefficient (Wildman–Crippen LogP) is -3.51. The second-order valence-corrected chi connectivity index (χ2v) is 28.1. The SMILES string of the molecule is CC[C@H](C)[C@H](NC(=O)[C@H](CCCN=C(N)N)NC(=O)[C@@H](NC(=O)[C@H](C)NC(=O)[C@@H](NC(=O)[C@@H](NC(=O)[C@H](CC(C)C)NC(=O)[C@H](CCCN=C(N)N)NC(=O)[C@@H](N)C(C)C)[C@@H](C)CC)C(C)C)C(C)C)C(=O)N[C@@H](Cc1c[nH]c2ccccc12)C(=O)N[C@@H](CCN)C(=O)N[C@@H](CCCN=C(N)N)C(N)=O. The summed E-state index contributed by atoms with van der Waals surface area (Å²) in [6, 6.07) is -7.95. The topological polar surface area (TPSA) is 624 Å². The number of aliphatic imine (C=N–C) groups is 3. The summed E-state index contributed by atoms with van der Waals surface area (Å²) in [5.74, 6) is -12.7. The molecule has 14 atom stereocenters. The van der Waals surface area contributed by atoms with E-state index in [1.807, 2.05) is 32.0 Å². The number of para-hydroxylation sites is 1. The summed E-state index contributed by atoms with van der Waals surface area (Å²) in [4.78, 5) is 184. The first-order valence-electron chi connectivity index (χ1n) is 36.1. The van der Waals surface area contributed by atoms with Crippen molar-refractivity contribution < 1.29 is 57.5 Å². The number of hydrogen-bond acceptors (Lipinski definition) is 17. The third kappa shape index (κ3) is 32.0. The molecule has 2 aromatic rings. The maximum atomic E-state index is 14.8. The summed E-state index contributed by atoms with van der Waals surface area (Å²) in [7, 11) is 0. The van der Waals surface area contributed by atoms with Crippen molar-refractivity contribution in [1.82, 2.24) is 63.5 Å². The van der Waals surface area contributed by atoms with Crippen LogP contribution in [-0.4, -0.2) is 192 Å². The zero-order valence-electron chi connectivity index (χ0n) is 63.3. The van der Waals surface area contributed by atoms with Crippen molar-refractivity contribution in [2.75, 3.05) is 26.2 Å². The van der Waals surface area contributed by atoms with E-state index in [9.17, 15) is 57.5 Å². The Morgan fingerprint density at radius 3 is 1.22 bits per heavy atom. The highest BCUT2D eigenvalue weighted by atomic mass is 16.2. The summed E-state index contributed by atoms with van der Waals surface area (Å²) < 4.78 is 0. The van der Waals surface area contributed by atoms with Crippen LogP contribution < -0.4 is 110 Å². The Bertz CT molecular complexity index is 3290. The number of amides is 12. The Hall–Kier alpha value is -9.87. The van der Waals surface area contributed by atoms with Gasteiger partial charge in [-0.05, 0) is 112 Å². The van der Waals surface area contributed by atoms with E-state index in [0.717, 1.165) is 10.9 Å². The molecule has 36 nitrogen and oxygen atoms in total. The second kappa shape index (κ2) is 46.1. The smallest absolute Gasteiger partial charge is 0.243 e. The quantitative estimate of drug-likeness (QED) is 0.0174. The van der Waals surface area contributed by atoms with Crippen molar-refractivity contribution in [1.29, 1.82) is 0 Å². The van der Waals surface area contributed by atoms with Gasteiger partial charge in [-0.1, -0.05) is 114 Å². The maximum Gasteiger partial charge on any atom is 0.243 e. The standard InChI is InChI=1S/C69H122N24O12/c1-14-38(11)53(65(104)89-49(32-41-33-82-43-22-17-16-21-42(41)43)60(99)85-47(26-27-70)58(97)84-44(55(72)94)23-18-28-79-67(73)74)92-59(98)46(25-20-30-81-69(77)78)87-64(103)52(37(9)10)90-56(95)40(13)83-63(102)51(36(7)8)91-66(105)54(39(12)15-2)93-61(100)48(31-34(3)4)88-57(96)45(24-19-29-80-68(75)76)86-62(101)50(71)35(5)6/h16-17,21-22,33-40,44-54,82H,14-15,18-20,23-32,70-71H2,1-13H3,(H2,72,94)(H,83,102)(H,84,97)(H,85,99)(H,86,101)(H,87,103)(H,88,96)(H,89,104)(H,90,95)(H,91,105)(H,92,98)(H,93,100)(H4,73,74,79)(H4,75,76,80)(H4,77,78,81)/t38-,39-,40-,44-,45-,46-,47-,48-,49-,50-,51-,52-,53-,54-/m0/s1. The van der Waals surface area contributed by atoms with Crippen molar-refractivity contribution in [3.05, 3.63) is 36.0 Å². The van der Waals surface area contributed by atoms with Crippen LogP contribution in [-0.2, 0) is 64.0 Å². The van der Waals surface area contributed by atoms with Gasteiger partial charge in [-0.15, -0.1) is 0 Å². The van der Waals surface area contributed by atoms with Gasteiger partial charge in [0.05, 0.1) is 6.04 Å². The maximum absolute atomic E-state index is 14.8. The number of nitrogens with zero attached hydrogens (tertiary/aromatic N) is 3. The minimum absolute atomic E-state index is 0.0161. The molecule has 1 aromatic carbocycles. The zero-order valence-corrected chi connectivity index (χ0v) is 63.3. The molecular weight excluding hydrogens is 1360 g/mol. The van der Waals surface area contributed by atoms with Gasteiger partial charge in [0.1, 0.15) is 66.5 Å². The number of fused-ring (bicyclic) bond motifs is 1. The monoisotopic (exact) mass is 1480 g/mol. The third-order valence-corrected chi connectivity index (χ3v) is 17.8. The number of carbonyl (C=O) groups excluding carboxylic acids is 12. The molecule has 12 amide bonds. The van der Waals surface area contributed by atoms with Crippen LogP contribution in [0.15, 0.2) is 45.4 Å². The lowest BCUT2D eigenvalue weighted by atomic mass is 9.95. The minimum atomic E-state index is -1.41. The van der Waals surface area contributed by atoms with Gasteiger partial charge in [0.15, 0.2) is 17.9 Å². The molecule has 1 heterocycles. The summed E-state index contributed by atoms with van der Waals surface area (Å²) in [5, 5.41) is 30.6. The van der Waals surface area contributed by atoms with Gasteiger partial charge in [0, 0.05) is 43.2 Å². The van der Waals surface area contributed by atoms with Crippen LogP contribution in [0.1, 0.15) is 160 Å². The molecule has 0 radical (unpaired) electrons. The van der Waals surface area contributed by atoms with E-state index in [-0.39, 0.29) is 114 Å². The van der Waals surface area contributed by atoms with Crippen molar-refractivity contribution in [2.45, 2.75) is 233 Å². The fraction of sp³-hybridized carbons (Fsp3) is 0.667. The number of aromatic amines is 1. The van der Waals surface area contributed by atoms with Gasteiger partial charge in [0.25, 0.3) is 0 Å². The molecule has 590 valence electrons. The van der Waals surface area contributed by atoms with E-state index in [0.29, 0.717) is 18.4 Å². The molecule has 0 fully saturated rings. The summed E-state index contributed by atoms with van der Waals surface area (Å²) in [5.41, 5.74) is 52.1. The largest absolute Gasteiger partial charge is 0.370 e. The highest BCUT2D eigenvalue weighted by Gasteiger charge is 2.39. The number of guanidine groups is 3. The molecule has 0 saturated heterocycles. The molecule has 2 rings (SSSR count). The van der Waals surface area contributed by atoms with E-state index in [1.54, 1.807) is 81.5 Å². The number of hydrogen-bond donors (Lipinski definition) is 21. The van der Waals surface area contributed by atoms with Gasteiger partial charge >= 0.3 is 0 Å². The number of primary amides is 1. The van der Waals surface area contributed by atoms with Crippen molar-refractivity contribution in [3.63, 3.8) is 0 Å². The van der Waals surface area contributed by atoms with Crippen molar-refractivity contribution >= 4 is 99.7 Å². The minimum Gasteiger partial charge on any atom is -0.370 e. The number of nitrogens with one attached hydrogen (secondary N) is 12. The number of benzene rings is 1. The fourth-order valence-corrected chi connectivity index (χ4v) is 11.0. The Labute approximate surface area is 615 Å². The lowest BCUT2D eigenvalue weighted by Gasteiger charge is -2.31. The van der Waals surface area contributed by atoms with Gasteiger partial charge < -0.3 is 115 Å². The van der Waals surface area contributed by atoms with Gasteiger partial charge in [0.2, 0.25) is 70.9 Å². The molecule has 30 N–H and O–H groups in total. The first kappa shape index (κ1) is 91.2. The summed E-state index contributed by atoms with van der Waals surface area (Å²) >= 11 is 0. The highest BCUT2D eigenvalue weighted by Crippen LogP contribution is 2.21. The number of carbonyl (C=O) groups is 12. The van der Waals surface area contributed by atoms with E-state index >= 15 is 0 Å². The number of rotatable bonds is 48. The molecule has 0 aliphatic rings. The average molecular weight is 1480 g/mol. The van der Waals surface area contributed by atoms with E-state index in [2.05, 4.69) is 78.4 Å². The van der Waals surface area contributed by atoms with Crippen LogP contribution in [0.5, 0.6) is 0 Å². The highest BCUT2D eigenvalue weighted by molar-refractivity contribution is 6.00. The molecule has 0 aliphatic heterocycles. The van der Waals surface area contributed by atoms with Gasteiger partial charge in [-0.2, -0.15) is 0 Å². The molecule has 36 heteroatoms. The Morgan fingerprint density at radius 1 is 0.410 bits per heavy atom. The lowest BCUT2D eigenvalue weighted by Crippen LogP contribution is -2.62. The van der Waals surface area contributed by atoms with Crippen LogP contribution in [0.25, 0.3) is 10.9 Å². The summed E-state index contributed by atoms with van der Waals surface area (Å²) in [6.07, 6.45) is 2.96. The first-order chi connectivity index (χ1) is 49.3. The molecule has 1 aromatic heterocycles. The molecular formula is C69H122N24O12. The van der Waals surface area contributed by atoms with Crippen molar-refractivity contribution in [2.24, 2.45) is 102 Å². The zero-order chi connectivity index (χ0) is 79.5. The normalized spacial score (nSPS) is 15.3. The molecule has 105 heavy (non-hydrogen) atoms. The van der Waals surface area contributed by atoms with Crippen LogP contribution in [0, 0.1) is 35.5 Å². The molecule has 0 unspecified atom stereocenters. The van der Waals surface area contributed by atoms with E-state index in [4.69, 9.17) is 51.6 Å². The first-order valence-corrected chi connectivity index (χ1v) is 36.1. The van der Waals surface area contributed by atoms with Crippen LogP contribution in [0.2, 0.25) is 0 Å². The second-order valence-electron chi connectivity index (χ2n) is 28.1. The Morgan fingerprint density at radius 2 is 0.771 bits per heavy atom.